The maximum Gasteiger partial charge on any atom is 0.471 e. The molecule has 0 atom stereocenters. The van der Waals surface area contributed by atoms with Crippen LogP contribution in [0, 0.1) is 0 Å². The predicted molar refractivity (Wildman–Crippen MR) is 65.6 cm³/mol. The van der Waals surface area contributed by atoms with E-state index in [1.807, 2.05) is 0 Å². The number of anilines is 1. The third-order valence-corrected chi connectivity index (χ3v) is 2.66. The number of aromatic carboxylic acids is 1. The second-order valence-corrected chi connectivity index (χ2v) is 3.97. The summed E-state index contributed by atoms with van der Waals surface area (Å²) in [6.45, 7) is 0. The number of hydrogen-bond donors (Lipinski definition) is 2. The lowest BCUT2D eigenvalue weighted by atomic mass is 10.0. The molecule has 0 spiro atoms. The van der Waals surface area contributed by atoms with Crippen LogP contribution >= 0.6 is 0 Å². The van der Waals surface area contributed by atoms with Crippen LogP contribution in [0.15, 0.2) is 36.4 Å². The summed E-state index contributed by atoms with van der Waals surface area (Å²) in [5.41, 5.74) is -0.765. The van der Waals surface area contributed by atoms with Crippen LogP contribution in [0.2, 0.25) is 0 Å². The fourth-order valence-electron chi connectivity index (χ4n) is 1.77. The standard InChI is InChI=1S/C13H8F3NO3/c14-13(15,16)12(20)17-10-8-4-2-1-3-7(8)5-6-9(10)11(18)19/h1-6H,(H,17,20)(H,18,19). The molecule has 0 aliphatic carbocycles. The van der Waals surface area contributed by atoms with Gasteiger partial charge in [-0.2, -0.15) is 13.2 Å². The molecule has 0 bridgehead atoms. The number of fused-ring (bicyclic) bond motifs is 1. The highest BCUT2D eigenvalue weighted by Gasteiger charge is 2.39. The lowest BCUT2D eigenvalue weighted by Gasteiger charge is -2.13. The van der Waals surface area contributed by atoms with Crippen molar-refractivity contribution in [2.24, 2.45) is 0 Å². The van der Waals surface area contributed by atoms with E-state index in [0.29, 0.717) is 5.39 Å². The van der Waals surface area contributed by atoms with Gasteiger partial charge in [-0.15, -0.1) is 0 Å². The first-order valence-electron chi connectivity index (χ1n) is 5.44. The Morgan fingerprint density at radius 1 is 1.05 bits per heavy atom. The molecule has 2 N–H and O–H groups in total. The number of carboxylic acids is 1. The second kappa shape index (κ2) is 4.84. The maximum atomic E-state index is 12.3. The minimum absolute atomic E-state index is 0.227. The molecule has 2 aromatic carbocycles. The third kappa shape index (κ3) is 2.56. The minimum Gasteiger partial charge on any atom is -0.478 e. The Kier molecular flexibility index (Phi) is 3.35. The molecule has 0 aliphatic heterocycles. The van der Waals surface area contributed by atoms with Crippen LogP contribution < -0.4 is 5.32 Å². The van der Waals surface area contributed by atoms with Crippen molar-refractivity contribution in [3.63, 3.8) is 0 Å². The molecule has 0 saturated carbocycles. The fraction of sp³-hybridized carbons (Fsp3) is 0.0769. The van der Waals surface area contributed by atoms with Gasteiger partial charge < -0.3 is 10.4 Å². The molecule has 0 aromatic heterocycles. The average molecular weight is 283 g/mol. The van der Waals surface area contributed by atoms with E-state index in [1.165, 1.54) is 18.2 Å². The largest absolute Gasteiger partial charge is 0.478 e. The van der Waals surface area contributed by atoms with E-state index in [0.717, 1.165) is 6.07 Å². The van der Waals surface area contributed by atoms with Gasteiger partial charge in [-0.05, 0) is 11.5 Å². The molecule has 20 heavy (non-hydrogen) atoms. The summed E-state index contributed by atoms with van der Waals surface area (Å²) in [6, 6.07) is 8.84. The lowest BCUT2D eigenvalue weighted by molar-refractivity contribution is -0.167. The summed E-state index contributed by atoms with van der Waals surface area (Å²) < 4.78 is 36.9. The molecule has 7 heteroatoms. The molecular weight excluding hydrogens is 275 g/mol. The Morgan fingerprint density at radius 2 is 1.70 bits per heavy atom. The highest BCUT2D eigenvalue weighted by atomic mass is 19.4. The van der Waals surface area contributed by atoms with Gasteiger partial charge in [0.05, 0.1) is 11.3 Å². The molecule has 2 aromatic rings. The summed E-state index contributed by atoms with van der Waals surface area (Å²) in [7, 11) is 0. The third-order valence-electron chi connectivity index (χ3n) is 2.66. The van der Waals surface area contributed by atoms with Gasteiger partial charge in [-0.25, -0.2) is 4.79 Å². The summed E-state index contributed by atoms with van der Waals surface area (Å²) >= 11 is 0. The molecule has 0 unspecified atom stereocenters. The maximum absolute atomic E-state index is 12.3. The van der Waals surface area contributed by atoms with Crippen LogP contribution in [-0.2, 0) is 4.79 Å². The van der Waals surface area contributed by atoms with E-state index in [-0.39, 0.29) is 11.1 Å². The highest BCUT2D eigenvalue weighted by molar-refractivity contribution is 6.11. The van der Waals surface area contributed by atoms with Crippen LogP contribution in [0.1, 0.15) is 10.4 Å². The Bertz CT molecular complexity index is 695. The number of rotatable bonds is 2. The quantitative estimate of drug-likeness (QED) is 0.890. The molecule has 104 valence electrons. The number of carboxylic acid groups (broad SMARTS) is 1. The Balaban J connectivity index is 2.61. The summed E-state index contributed by atoms with van der Waals surface area (Å²) in [5, 5.41) is 11.4. The van der Waals surface area contributed by atoms with Crippen LogP contribution in [0.3, 0.4) is 0 Å². The van der Waals surface area contributed by atoms with Crippen molar-refractivity contribution >= 4 is 28.3 Å². The molecular formula is C13H8F3NO3. The number of carbonyl (C=O) groups is 2. The fourth-order valence-corrected chi connectivity index (χ4v) is 1.77. The lowest BCUT2D eigenvalue weighted by Crippen LogP contribution is -2.30. The van der Waals surface area contributed by atoms with Gasteiger partial charge in [-0.1, -0.05) is 30.3 Å². The van der Waals surface area contributed by atoms with Crippen molar-refractivity contribution in [2.75, 3.05) is 5.32 Å². The van der Waals surface area contributed by atoms with Crippen molar-refractivity contribution < 1.29 is 27.9 Å². The topological polar surface area (TPSA) is 66.4 Å². The van der Waals surface area contributed by atoms with E-state index in [9.17, 15) is 22.8 Å². The SMILES string of the molecule is O=C(O)c1ccc2ccccc2c1NC(=O)C(F)(F)F. The van der Waals surface area contributed by atoms with Crippen molar-refractivity contribution in [1.82, 2.24) is 0 Å². The monoisotopic (exact) mass is 283 g/mol. The van der Waals surface area contributed by atoms with Crippen molar-refractivity contribution in [2.45, 2.75) is 6.18 Å². The first kappa shape index (κ1) is 13.9. The van der Waals surface area contributed by atoms with Gasteiger partial charge in [0.25, 0.3) is 0 Å². The van der Waals surface area contributed by atoms with Gasteiger partial charge in [0.2, 0.25) is 0 Å². The normalized spacial score (nSPS) is 11.3. The zero-order chi connectivity index (χ0) is 14.9. The van der Waals surface area contributed by atoms with E-state index in [2.05, 4.69) is 0 Å². The molecule has 0 heterocycles. The van der Waals surface area contributed by atoms with Crippen LogP contribution in [-0.4, -0.2) is 23.2 Å². The predicted octanol–water partition coefficient (Wildman–Crippen LogP) is 3.04. The Labute approximate surface area is 110 Å². The van der Waals surface area contributed by atoms with Crippen molar-refractivity contribution in [1.29, 1.82) is 0 Å². The number of halogens is 3. The molecule has 0 saturated heterocycles. The van der Waals surface area contributed by atoms with Gasteiger partial charge in [-0.3, -0.25) is 4.79 Å². The molecule has 0 aliphatic rings. The van der Waals surface area contributed by atoms with Crippen LogP contribution in [0.5, 0.6) is 0 Å². The number of alkyl halides is 3. The van der Waals surface area contributed by atoms with Crippen molar-refractivity contribution in [3.05, 3.63) is 42.0 Å². The van der Waals surface area contributed by atoms with E-state index < -0.39 is 23.6 Å². The van der Waals surface area contributed by atoms with Crippen LogP contribution in [0.4, 0.5) is 18.9 Å². The molecule has 2 rings (SSSR count). The smallest absolute Gasteiger partial charge is 0.471 e. The van der Waals surface area contributed by atoms with Gasteiger partial charge in [0, 0.05) is 5.39 Å². The zero-order valence-electron chi connectivity index (χ0n) is 9.86. The highest BCUT2D eigenvalue weighted by Crippen LogP contribution is 2.29. The number of hydrogen-bond acceptors (Lipinski definition) is 2. The average Bonchev–Trinajstić information content (AvgIpc) is 2.37. The van der Waals surface area contributed by atoms with E-state index in [1.54, 1.807) is 17.4 Å². The summed E-state index contributed by atoms with van der Waals surface area (Å²) in [5.74, 6) is -3.63. The van der Waals surface area contributed by atoms with Crippen molar-refractivity contribution in [3.8, 4) is 0 Å². The first-order chi connectivity index (χ1) is 9.30. The summed E-state index contributed by atoms with van der Waals surface area (Å²) in [4.78, 5) is 22.1. The second-order valence-electron chi connectivity index (χ2n) is 3.97. The Hall–Kier alpha value is -2.57. The number of nitrogens with one attached hydrogen (secondary N) is 1. The van der Waals surface area contributed by atoms with Gasteiger partial charge >= 0.3 is 18.1 Å². The zero-order valence-corrected chi connectivity index (χ0v) is 9.86. The molecule has 0 fully saturated rings. The molecule has 1 amide bonds. The first-order valence-corrected chi connectivity index (χ1v) is 5.44. The minimum atomic E-state index is -5.09. The van der Waals surface area contributed by atoms with Crippen LogP contribution in [0.25, 0.3) is 10.8 Å². The summed E-state index contributed by atoms with van der Waals surface area (Å²) in [6.07, 6.45) is -5.09. The number of amides is 1. The number of benzene rings is 2. The molecule has 4 nitrogen and oxygen atoms in total. The van der Waals surface area contributed by atoms with Gasteiger partial charge in [0.15, 0.2) is 0 Å². The van der Waals surface area contributed by atoms with E-state index >= 15 is 0 Å². The molecule has 0 radical (unpaired) electrons. The Morgan fingerprint density at radius 3 is 2.30 bits per heavy atom. The van der Waals surface area contributed by atoms with Gasteiger partial charge in [0.1, 0.15) is 0 Å². The number of carbonyl (C=O) groups excluding carboxylic acids is 1. The van der Waals surface area contributed by atoms with E-state index in [4.69, 9.17) is 5.11 Å².